The van der Waals surface area contributed by atoms with Gasteiger partial charge in [0, 0.05) is 31.7 Å². The molecule has 1 saturated heterocycles. The summed E-state index contributed by atoms with van der Waals surface area (Å²) in [4.78, 5) is 14.7. The van der Waals surface area contributed by atoms with Crippen LogP contribution in [0, 0.1) is 0 Å². The summed E-state index contributed by atoms with van der Waals surface area (Å²) in [5, 5.41) is 2.87. The number of nitrogens with zero attached hydrogens (tertiary/aromatic N) is 1. The molecule has 0 radical (unpaired) electrons. The minimum Gasteiger partial charge on any atom is -0.490 e. The van der Waals surface area contributed by atoms with E-state index in [1.54, 1.807) is 0 Å². The zero-order chi connectivity index (χ0) is 21.2. The van der Waals surface area contributed by atoms with Crippen LogP contribution in [0.25, 0.3) is 0 Å². The number of nitrogens with one attached hydrogen (secondary N) is 1. The molecule has 0 aliphatic carbocycles. The third-order valence-electron chi connectivity index (χ3n) is 5.35. The summed E-state index contributed by atoms with van der Waals surface area (Å²) >= 11 is 0. The number of amides is 1. The lowest BCUT2D eigenvalue weighted by atomic mass is 10.1. The van der Waals surface area contributed by atoms with E-state index in [1.165, 1.54) is 5.56 Å². The van der Waals surface area contributed by atoms with Gasteiger partial charge in [0.25, 0.3) is 5.91 Å². The van der Waals surface area contributed by atoms with Gasteiger partial charge in [-0.05, 0) is 62.9 Å². The van der Waals surface area contributed by atoms with Crippen molar-refractivity contribution in [2.24, 2.45) is 0 Å². The van der Waals surface area contributed by atoms with E-state index in [9.17, 15) is 4.79 Å². The molecule has 2 aromatic rings. The zero-order valence-electron chi connectivity index (χ0n) is 18.2. The van der Waals surface area contributed by atoms with Crippen molar-refractivity contribution in [2.75, 3.05) is 32.8 Å². The predicted octanol–water partition coefficient (Wildman–Crippen LogP) is 3.93. The Kier molecular flexibility index (Phi) is 8.72. The van der Waals surface area contributed by atoms with Crippen molar-refractivity contribution in [3.63, 3.8) is 0 Å². The van der Waals surface area contributed by atoms with Crippen molar-refractivity contribution in [3.8, 4) is 5.75 Å². The van der Waals surface area contributed by atoms with Crippen LogP contribution in [0.2, 0.25) is 0 Å². The Morgan fingerprint density at radius 1 is 1.07 bits per heavy atom. The second-order valence-electron chi connectivity index (χ2n) is 8.09. The molecule has 0 spiro atoms. The number of likely N-dealkylation sites (tertiary alicyclic amines) is 1. The van der Waals surface area contributed by atoms with Crippen molar-refractivity contribution in [1.82, 2.24) is 10.2 Å². The molecule has 5 heteroatoms. The summed E-state index contributed by atoms with van der Waals surface area (Å²) in [6.45, 7) is 8.23. The average Bonchev–Trinajstić information content (AvgIpc) is 2.77. The monoisotopic (exact) mass is 410 g/mol. The fourth-order valence-electron chi connectivity index (χ4n) is 3.62. The van der Waals surface area contributed by atoms with Gasteiger partial charge in [-0.2, -0.15) is 0 Å². The van der Waals surface area contributed by atoms with E-state index < -0.39 is 0 Å². The van der Waals surface area contributed by atoms with Crippen LogP contribution in [-0.2, 0) is 11.2 Å². The molecule has 1 aliphatic heterocycles. The first-order chi connectivity index (χ1) is 14.6. The average molecular weight is 411 g/mol. The molecule has 1 aliphatic rings. The smallest absolute Gasteiger partial charge is 0.251 e. The van der Waals surface area contributed by atoms with Crippen molar-refractivity contribution in [2.45, 2.75) is 45.3 Å². The molecule has 5 nitrogen and oxygen atoms in total. The summed E-state index contributed by atoms with van der Waals surface area (Å²) in [6, 6.07) is 18.1. The second-order valence-corrected chi connectivity index (χ2v) is 8.09. The summed E-state index contributed by atoms with van der Waals surface area (Å²) in [7, 11) is 0. The Balaban J connectivity index is 1.36. The van der Waals surface area contributed by atoms with E-state index in [2.05, 4.69) is 40.5 Å². The highest BCUT2D eigenvalue weighted by atomic mass is 16.5. The third-order valence-corrected chi connectivity index (χ3v) is 5.35. The van der Waals surface area contributed by atoms with Gasteiger partial charge < -0.3 is 19.7 Å². The van der Waals surface area contributed by atoms with Crippen LogP contribution in [0.3, 0.4) is 0 Å². The van der Waals surface area contributed by atoms with Crippen molar-refractivity contribution in [3.05, 3.63) is 65.7 Å². The molecule has 162 valence electrons. The Morgan fingerprint density at radius 2 is 1.77 bits per heavy atom. The molecule has 1 amide bonds. The molecule has 30 heavy (non-hydrogen) atoms. The van der Waals surface area contributed by atoms with Crippen LogP contribution in [0.5, 0.6) is 5.75 Å². The Hall–Kier alpha value is -2.37. The van der Waals surface area contributed by atoms with E-state index in [4.69, 9.17) is 9.47 Å². The topological polar surface area (TPSA) is 50.8 Å². The van der Waals surface area contributed by atoms with Crippen molar-refractivity contribution >= 4 is 5.91 Å². The molecule has 3 rings (SSSR count). The first kappa shape index (κ1) is 22.3. The van der Waals surface area contributed by atoms with Gasteiger partial charge in [-0.1, -0.05) is 30.3 Å². The molecule has 0 unspecified atom stereocenters. The van der Waals surface area contributed by atoms with Crippen LogP contribution in [0.1, 0.15) is 42.6 Å². The molecule has 2 aromatic carbocycles. The minimum atomic E-state index is -0.0827. The minimum absolute atomic E-state index is 0.0827. The first-order valence-corrected chi connectivity index (χ1v) is 11.0. The summed E-state index contributed by atoms with van der Waals surface area (Å²) in [6.07, 6.45) is 3.58. The van der Waals surface area contributed by atoms with E-state index in [0.717, 1.165) is 44.6 Å². The lowest BCUT2D eigenvalue weighted by molar-refractivity contribution is 0.0746. The van der Waals surface area contributed by atoms with Gasteiger partial charge in [0.05, 0.1) is 12.7 Å². The van der Waals surface area contributed by atoms with E-state index in [1.807, 2.05) is 38.1 Å². The van der Waals surface area contributed by atoms with Crippen molar-refractivity contribution < 1.29 is 14.3 Å². The summed E-state index contributed by atoms with van der Waals surface area (Å²) in [5.41, 5.74) is 2.04. The maximum Gasteiger partial charge on any atom is 0.251 e. The van der Waals surface area contributed by atoms with Gasteiger partial charge in [-0.15, -0.1) is 0 Å². The molecule has 0 bridgehead atoms. The Labute approximate surface area is 180 Å². The summed E-state index contributed by atoms with van der Waals surface area (Å²) < 4.78 is 11.6. The Morgan fingerprint density at radius 3 is 2.43 bits per heavy atom. The number of ether oxygens (including phenoxy) is 2. The number of carbonyl (C=O) groups excluding carboxylic acids is 1. The third kappa shape index (κ3) is 7.47. The SMILES string of the molecule is CC(C)OCCNC(=O)c1ccc(OC2CCN(CCc3ccccc3)CC2)cc1. The normalized spacial score (nSPS) is 15.3. The fourth-order valence-corrected chi connectivity index (χ4v) is 3.62. The van der Waals surface area contributed by atoms with Gasteiger partial charge >= 0.3 is 0 Å². The zero-order valence-corrected chi connectivity index (χ0v) is 18.2. The van der Waals surface area contributed by atoms with Gasteiger partial charge in [-0.3, -0.25) is 4.79 Å². The first-order valence-electron chi connectivity index (χ1n) is 11.0. The van der Waals surface area contributed by atoms with Crippen molar-refractivity contribution in [1.29, 1.82) is 0 Å². The highest BCUT2D eigenvalue weighted by molar-refractivity contribution is 5.94. The van der Waals surface area contributed by atoms with Gasteiger partial charge in [0.1, 0.15) is 11.9 Å². The molecular weight excluding hydrogens is 376 g/mol. The number of benzene rings is 2. The fraction of sp³-hybridized carbons (Fsp3) is 0.480. The standard InChI is InChI=1S/C25H34N2O3/c1-20(2)29-19-15-26-25(28)22-8-10-23(11-9-22)30-24-13-17-27(18-14-24)16-12-21-6-4-3-5-7-21/h3-11,20,24H,12-19H2,1-2H3,(H,26,28). The van der Waals surface area contributed by atoms with Crippen LogP contribution in [0.4, 0.5) is 0 Å². The van der Waals surface area contributed by atoms with Crippen LogP contribution < -0.4 is 10.1 Å². The summed E-state index contributed by atoms with van der Waals surface area (Å²) in [5.74, 6) is 0.748. The van der Waals surface area contributed by atoms with Crippen LogP contribution in [0.15, 0.2) is 54.6 Å². The molecule has 0 saturated carbocycles. The number of carbonyl (C=O) groups is 1. The lowest BCUT2D eigenvalue weighted by Gasteiger charge is -2.32. The van der Waals surface area contributed by atoms with E-state index in [-0.39, 0.29) is 18.1 Å². The van der Waals surface area contributed by atoms with Gasteiger partial charge in [0.2, 0.25) is 0 Å². The van der Waals surface area contributed by atoms with Gasteiger partial charge in [-0.25, -0.2) is 0 Å². The Bertz CT molecular complexity index is 754. The quantitative estimate of drug-likeness (QED) is 0.603. The highest BCUT2D eigenvalue weighted by Crippen LogP contribution is 2.20. The number of hydrogen-bond acceptors (Lipinski definition) is 4. The molecule has 1 fully saturated rings. The molecule has 1 N–H and O–H groups in total. The molecule has 0 atom stereocenters. The van der Waals surface area contributed by atoms with E-state index in [0.29, 0.717) is 18.7 Å². The number of rotatable bonds is 10. The van der Waals surface area contributed by atoms with Crippen LogP contribution in [-0.4, -0.2) is 55.8 Å². The van der Waals surface area contributed by atoms with Crippen LogP contribution >= 0.6 is 0 Å². The number of hydrogen-bond donors (Lipinski definition) is 1. The van der Waals surface area contributed by atoms with Gasteiger partial charge in [0.15, 0.2) is 0 Å². The highest BCUT2D eigenvalue weighted by Gasteiger charge is 2.20. The molecule has 0 aromatic heterocycles. The maximum absolute atomic E-state index is 12.2. The molecular formula is C25H34N2O3. The van der Waals surface area contributed by atoms with E-state index >= 15 is 0 Å². The second kappa shape index (κ2) is 11.7. The maximum atomic E-state index is 12.2. The molecule has 1 heterocycles. The predicted molar refractivity (Wildman–Crippen MR) is 120 cm³/mol. The number of piperidine rings is 1. The largest absolute Gasteiger partial charge is 0.490 e. The lowest BCUT2D eigenvalue weighted by Crippen LogP contribution is -2.39.